The molecule has 0 aliphatic carbocycles. The molecule has 1 fully saturated rings. The lowest BCUT2D eigenvalue weighted by Gasteiger charge is -2.24. The third-order valence-electron chi connectivity index (χ3n) is 4.52. The van der Waals surface area contributed by atoms with Gasteiger partial charge >= 0.3 is 0 Å². The molecule has 2 unspecified atom stereocenters. The van der Waals surface area contributed by atoms with Crippen molar-refractivity contribution in [2.24, 2.45) is 5.92 Å². The van der Waals surface area contributed by atoms with Crippen molar-refractivity contribution in [2.75, 3.05) is 32.9 Å². The third kappa shape index (κ3) is 5.04. The lowest BCUT2D eigenvalue weighted by molar-refractivity contribution is -0.129. The van der Waals surface area contributed by atoms with Gasteiger partial charge in [0, 0.05) is 32.9 Å². The molecular weight excluding hydrogens is 312 g/mol. The number of sulfone groups is 1. The molecule has 0 N–H and O–H groups in total. The van der Waals surface area contributed by atoms with Crippen LogP contribution < -0.4 is 0 Å². The number of likely N-dealkylation sites (tertiary alicyclic amines) is 1. The van der Waals surface area contributed by atoms with Gasteiger partial charge in [-0.3, -0.25) is 9.69 Å². The average molecular weight is 338 g/mol. The molecule has 0 radical (unpaired) electrons. The Morgan fingerprint density at radius 3 is 2.61 bits per heavy atom. The van der Waals surface area contributed by atoms with Crippen LogP contribution in [0.3, 0.4) is 0 Å². The van der Waals surface area contributed by atoms with E-state index in [1.807, 2.05) is 18.2 Å². The van der Waals surface area contributed by atoms with Gasteiger partial charge in [-0.25, -0.2) is 8.42 Å². The van der Waals surface area contributed by atoms with Crippen LogP contribution in [0, 0.1) is 5.92 Å². The molecule has 1 aliphatic rings. The standard InChI is InChI=1S/C17H26N2O3S/c1-14(23(3,21)22)17(20)18(2)11-16-9-10-19(13-16)12-15-7-5-4-6-8-15/h4-8,14,16H,9-13H2,1-3H3. The van der Waals surface area contributed by atoms with E-state index < -0.39 is 15.1 Å². The van der Waals surface area contributed by atoms with Crippen molar-refractivity contribution in [3.8, 4) is 0 Å². The fourth-order valence-electron chi connectivity index (χ4n) is 3.02. The molecule has 0 saturated carbocycles. The third-order valence-corrected chi connectivity index (χ3v) is 6.00. The first kappa shape index (κ1) is 17.9. The lowest BCUT2D eigenvalue weighted by Crippen LogP contribution is -2.41. The molecule has 5 nitrogen and oxygen atoms in total. The molecule has 0 bridgehead atoms. The van der Waals surface area contributed by atoms with Crippen LogP contribution in [-0.4, -0.2) is 62.3 Å². The Morgan fingerprint density at radius 2 is 2.00 bits per heavy atom. The van der Waals surface area contributed by atoms with Crippen LogP contribution in [0.2, 0.25) is 0 Å². The maximum absolute atomic E-state index is 12.2. The zero-order valence-electron chi connectivity index (χ0n) is 14.1. The fraction of sp³-hybridized carbons (Fsp3) is 0.588. The van der Waals surface area contributed by atoms with E-state index >= 15 is 0 Å². The quantitative estimate of drug-likeness (QED) is 0.787. The molecule has 1 saturated heterocycles. The van der Waals surface area contributed by atoms with E-state index in [9.17, 15) is 13.2 Å². The summed E-state index contributed by atoms with van der Waals surface area (Å²) in [5, 5.41) is -0.964. The van der Waals surface area contributed by atoms with Gasteiger partial charge in [0.05, 0.1) is 0 Å². The van der Waals surface area contributed by atoms with Crippen LogP contribution >= 0.6 is 0 Å². The summed E-state index contributed by atoms with van der Waals surface area (Å²) in [4.78, 5) is 16.1. The highest BCUT2D eigenvalue weighted by Gasteiger charge is 2.30. The van der Waals surface area contributed by atoms with Crippen LogP contribution in [0.25, 0.3) is 0 Å². The largest absolute Gasteiger partial charge is 0.344 e. The van der Waals surface area contributed by atoms with E-state index in [4.69, 9.17) is 0 Å². The van der Waals surface area contributed by atoms with Gasteiger partial charge in [0.2, 0.25) is 5.91 Å². The monoisotopic (exact) mass is 338 g/mol. The first-order valence-electron chi connectivity index (χ1n) is 7.97. The molecule has 2 rings (SSSR count). The minimum absolute atomic E-state index is 0.311. The number of amides is 1. The first-order chi connectivity index (χ1) is 10.8. The van der Waals surface area contributed by atoms with E-state index in [0.29, 0.717) is 12.5 Å². The fourth-order valence-corrected chi connectivity index (χ4v) is 3.56. The Hall–Kier alpha value is -1.40. The summed E-state index contributed by atoms with van der Waals surface area (Å²) in [5.74, 6) is 0.0911. The predicted octanol–water partition coefficient (Wildman–Crippen LogP) is 1.40. The molecule has 1 aromatic carbocycles. The molecule has 0 spiro atoms. The van der Waals surface area contributed by atoms with Crippen LogP contribution in [-0.2, 0) is 21.2 Å². The van der Waals surface area contributed by atoms with Crippen molar-refractivity contribution >= 4 is 15.7 Å². The normalized spacial score (nSPS) is 20.4. The van der Waals surface area contributed by atoms with Crippen LogP contribution in [0.4, 0.5) is 0 Å². The van der Waals surface area contributed by atoms with Crippen LogP contribution in [0.1, 0.15) is 18.9 Å². The molecule has 0 aromatic heterocycles. The zero-order valence-corrected chi connectivity index (χ0v) is 14.9. The smallest absolute Gasteiger partial charge is 0.240 e. The summed E-state index contributed by atoms with van der Waals surface area (Å²) in [5.41, 5.74) is 1.29. The summed E-state index contributed by atoms with van der Waals surface area (Å²) in [7, 11) is -1.64. The summed E-state index contributed by atoms with van der Waals surface area (Å²) in [6.07, 6.45) is 2.15. The highest BCUT2D eigenvalue weighted by atomic mass is 32.2. The number of rotatable bonds is 6. The Bertz CT molecular complexity index is 630. The van der Waals surface area contributed by atoms with Crippen molar-refractivity contribution in [2.45, 2.75) is 25.1 Å². The van der Waals surface area contributed by atoms with Gasteiger partial charge < -0.3 is 4.90 Å². The summed E-state index contributed by atoms with van der Waals surface area (Å²) in [6.45, 7) is 4.96. The molecule has 1 amide bonds. The second kappa shape index (κ2) is 7.45. The number of hydrogen-bond acceptors (Lipinski definition) is 4. The average Bonchev–Trinajstić information content (AvgIpc) is 2.92. The molecule has 23 heavy (non-hydrogen) atoms. The maximum atomic E-state index is 12.2. The van der Waals surface area contributed by atoms with Crippen LogP contribution in [0.5, 0.6) is 0 Å². The van der Waals surface area contributed by atoms with Gasteiger partial charge in [-0.05, 0) is 31.4 Å². The van der Waals surface area contributed by atoms with Gasteiger partial charge in [-0.15, -0.1) is 0 Å². The highest BCUT2D eigenvalue weighted by molar-refractivity contribution is 7.92. The summed E-state index contributed by atoms with van der Waals surface area (Å²) < 4.78 is 23.0. The molecule has 6 heteroatoms. The van der Waals surface area contributed by atoms with Crippen LogP contribution in [0.15, 0.2) is 30.3 Å². The second-order valence-corrected chi connectivity index (χ2v) is 8.93. The van der Waals surface area contributed by atoms with Gasteiger partial charge in [-0.2, -0.15) is 0 Å². The maximum Gasteiger partial charge on any atom is 0.240 e. The number of nitrogens with zero attached hydrogens (tertiary/aromatic N) is 2. The molecular formula is C17H26N2O3S. The Kier molecular flexibility index (Phi) is 5.81. The minimum atomic E-state index is -3.33. The SMILES string of the molecule is CC(C(=O)N(C)CC1CCN(Cc2ccccc2)C1)S(C)(=O)=O. The minimum Gasteiger partial charge on any atom is -0.344 e. The van der Waals surface area contributed by atoms with Gasteiger partial charge in [0.15, 0.2) is 9.84 Å². The lowest BCUT2D eigenvalue weighted by atomic mass is 10.1. The highest BCUT2D eigenvalue weighted by Crippen LogP contribution is 2.20. The topological polar surface area (TPSA) is 57.7 Å². The van der Waals surface area contributed by atoms with Gasteiger partial charge in [0.25, 0.3) is 0 Å². The molecule has 1 aliphatic heterocycles. The first-order valence-corrected chi connectivity index (χ1v) is 9.93. The number of benzene rings is 1. The molecule has 1 aromatic rings. The predicted molar refractivity (Wildman–Crippen MR) is 91.8 cm³/mol. The van der Waals surface area contributed by atoms with E-state index in [0.717, 1.165) is 32.3 Å². The van der Waals surface area contributed by atoms with E-state index in [2.05, 4.69) is 17.0 Å². The van der Waals surface area contributed by atoms with E-state index in [1.54, 1.807) is 11.9 Å². The van der Waals surface area contributed by atoms with Crippen molar-refractivity contribution < 1.29 is 13.2 Å². The zero-order chi connectivity index (χ0) is 17.0. The number of carbonyl (C=O) groups excluding carboxylic acids is 1. The molecule has 128 valence electrons. The van der Waals surface area contributed by atoms with Gasteiger partial charge in [-0.1, -0.05) is 30.3 Å². The Balaban J connectivity index is 1.84. The van der Waals surface area contributed by atoms with Gasteiger partial charge in [0.1, 0.15) is 5.25 Å². The number of hydrogen-bond donors (Lipinski definition) is 0. The number of carbonyl (C=O) groups is 1. The second-order valence-electron chi connectivity index (χ2n) is 6.57. The molecule has 1 heterocycles. The van der Waals surface area contributed by atoms with E-state index in [-0.39, 0.29) is 5.91 Å². The van der Waals surface area contributed by atoms with Crippen molar-refractivity contribution in [1.82, 2.24) is 9.80 Å². The summed E-state index contributed by atoms with van der Waals surface area (Å²) in [6, 6.07) is 10.3. The Morgan fingerprint density at radius 1 is 1.35 bits per heavy atom. The Labute approximate surface area is 139 Å². The van der Waals surface area contributed by atoms with E-state index in [1.165, 1.54) is 12.5 Å². The summed E-state index contributed by atoms with van der Waals surface area (Å²) >= 11 is 0. The van der Waals surface area contributed by atoms with Crippen molar-refractivity contribution in [3.63, 3.8) is 0 Å². The van der Waals surface area contributed by atoms with Crippen molar-refractivity contribution in [1.29, 1.82) is 0 Å². The van der Waals surface area contributed by atoms with Crippen molar-refractivity contribution in [3.05, 3.63) is 35.9 Å². The molecule has 2 atom stereocenters.